The molecule has 0 bridgehead atoms. The Morgan fingerprint density at radius 2 is 2.10 bits per heavy atom. The van der Waals surface area contributed by atoms with E-state index in [9.17, 15) is 19.1 Å². The van der Waals surface area contributed by atoms with E-state index in [1.807, 2.05) is 0 Å². The molecule has 110 valence electrons. The highest BCUT2D eigenvalue weighted by molar-refractivity contribution is 9.10. The van der Waals surface area contributed by atoms with Crippen LogP contribution in [0.25, 0.3) is 0 Å². The van der Waals surface area contributed by atoms with Gasteiger partial charge >= 0.3 is 11.9 Å². The van der Waals surface area contributed by atoms with Crippen molar-refractivity contribution in [3.8, 4) is 5.75 Å². The lowest BCUT2D eigenvalue weighted by Crippen LogP contribution is -2.32. The summed E-state index contributed by atoms with van der Waals surface area (Å²) in [6, 6.07) is 0.781. The van der Waals surface area contributed by atoms with Crippen molar-refractivity contribution in [1.82, 2.24) is 0 Å². The van der Waals surface area contributed by atoms with Crippen LogP contribution in [0.3, 0.4) is 0 Å². The number of carbonyl (C=O) groups excluding carboxylic acids is 1. The third-order valence-corrected chi connectivity index (χ3v) is 3.20. The van der Waals surface area contributed by atoms with Crippen LogP contribution in [0.4, 0.5) is 4.39 Å². The number of carboxylic acids is 1. The van der Waals surface area contributed by atoms with Crippen LogP contribution in [0.1, 0.15) is 28.9 Å². The highest BCUT2D eigenvalue weighted by Crippen LogP contribution is 2.36. The normalized spacial score (nSPS) is 13.6. The van der Waals surface area contributed by atoms with Crippen molar-refractivity contribution in [3.05, 3.63) is 27.7 Å². The van der Waals surface area contributed by atoms with Gasteiger partial charge in [-0.15, -0.1) is 0 Å². The molecule has 0 aromatic heterocycles. The van der Waals surface area contributed by atoms with Gasteiger partial charge in [0.1, 0.15) is 5.75 Å². The second kappa shape index (κ2) is 6.67. The molecule has 1 aromatic carbocycles. The van der Waals surface area contributed by atoms with Gasteiger partial charge in [0.05, 0.1) is 22.7 Å². The van der Waals surface area contributed by atoms with Crippen LogP contribution < -0.4 is 5.73 Å². The minimum absolute atomic E-state index is 0.0395. The first-order chi connectivity index (χ1) is 9.31. The number of nitrogens with two attached hydrogens (primary N) is 1. The zero-order chi connectivity index (χ0) is 15.4. The Hall–Kier alpha value is -1.67. The maximum Gasteiger partial charge on any atom is 0.342 e. The van der Waals surface area contributed by atoms with Gasteiger partial charge in [0.15, 0.2) is 0 Å². The fourth-order valence-corrected chi connectivity index (χ4v) is 1.97. The Balaban J connectivity index is 3.26. The highest BCUT2D eigenvalue weighted by Gasteiger charge is 2.33. The summed E-state index contributed by atoms with van der Waals surface area (Å²) in [5.74, 6) is -3.13. The zero-order valence-electron chi connectivity index (χ0n) is 10.5. The molecule has 20 heavy (non-hydrogen) atoms. The Morgan fingerprint density at radius 1 is 1.50 bits per heavy atom. The molecule has 8 heteroatoms. The number of hydrogen-bond acceptors (Lipinski definition) is 5. The van der Waals surface area contributed by atoms with E-state index in [1.54, 1.807) is 0 Å². The van der Waals surface area contributed by atoms with Crippen LogP contribution in [0.5, 0.6) is 5.75 Å². The van der Waals surface area contributed by atoms with Gasteiger partial charge in [-0.3, -0.25) is 0 Å². The van der Waals surface area contributed by atoms with E-state index >= 15 is 0 Å². The van der Waals surface area contributed by atoms with Gasteiger partial charge in [0.25, 0.3) is 0 Å². The van der Waals surface area contributed by atoms with Gasteiger partial charge in [0.2, 0.25) is 6.17 Å². The lowest BCUT2D eigenvalue weighted by molar-refractivity contribution is -0.149. The molecule has 0 radical (unpaired) electrons. The lowest BCUT2D eigenvalue weighted by atomic mass is 9.96. The summed E-state index contributed by atoms with van der Waals surface area (Å²) in [7, 11) is 0. The maximum atomic E-state index is 13.9. The number of alkyl halides is 1. The Bertz CT molecular complexity index is 537. The van der Waals surface area contributed by atoms with Crippen molar-refractivity contribution >= 4 is 27.9 Å². The number of halogens is 2. The summed E-state index contributed by atoms with van der Waals surface area (Å²) in [6.45, 7) is 1.46. The van der Waals surface area contributed by atoms with Crippen molar-refractivity contribution < 1.29 is 28.9 Å². The second-order valence-electron chi connectivity index (χ2n) is 3.84. The minimum atomic E-state index is -2.28. The summed E-state index contributed by atoms with van der Waals surface area (Å²) in [5, 5.41) is 18.9. The van der Waals surface area contributed by atoms with E-state index < -0.39 is 29.9 Å². The zero-order valence-corrected chi connectivity index (χ0v) is 12.1. The monoisotopic (exact) mass is 349 g/mol. The van der Waals surface area contributed by atoms with E-state index in [-0.39, 0.29) is 22.2 Å². The Labute approximate surface area is 122 Å². The van der Waals surface area contributed by atoms with E-state index in [4.69, 9.17) is 10.8 Å². The number of phenolic OH excluding ortho intramolecular Hbond substituents is 1. The molecular formula is C12H13BrFNO5. The largest absolute Gasteiger partial charge is 0.506 e. The van der Waals surface area contributed by atoms with Crippen molar-refractivity contribution in [2.75, 3.05) is 6.61 Å². The van der Waals surface area contributed by atoms with E-state index in [0.717, 1.165) is 6.07 Å². The van der Waals surface area contributed by atoms with Crippen molar-refractivity contribution in [1.29, 1.82) is 0 Å². The number of carbonyl (C=O) groups is 2. The predicted molar refractivity (Wildman–Crippen MR) is 71.2 cm³/mol. The van der Waals surface area contributed by atoms with Crippen LogP contribution in [0, 0.1) is 0 Å². The molecular weight excluding hydrogens is 337 g/mol. The fourth-order valence-electron chi connectivity index (χ4n) is 1.62. The van der Waals surface area contributed by atoms with Crippen LogP contribution in [0.15, 0.2) is 16.6 Å². The molecule has 0 aliphatic heterocycles. The van der Waals surface area contributed by atoms with Crippen molar-refractivity contribution in [2.45, 2.75) is 19.1 Å². The number of benzene rings is 1. The molecule has 0 amide bonds. The number of esters is 1. The average Bonchev–Trinajstić information content (AvgIpc) is 2.39. The first kappa shape index (κ1) is 16.4. The standard InChI is InChI=1S/C12H13BrFNO5/c1-2-20-12(19)8(14)9(15)7-5(11(17)18)3-4-6(13)10(7)16/h3-4,8-9,16H,2,15H2,1H3,(H,17,18)/t8?,9-/m1/s1. The van der Waals surface area contributed by atoms with Crippen LogP contribution >= 0.6 is 15.9 Å². The Morgan fingerprint density at radius 3 is 2.60 bits per heavy atom. The smallest absolute Gasteiger partial charge is 0.342 e. The van der Waals surface area contributed by atoms with Gasteiger partial charge in [0, 0.05) is 5.56 Å². The lowest BCUT2D eigenvalue weighted by Gasteiger charge is -2.19. The SMILES string of the molecule is CCOC(=O)C(F)[C@H](N)c1c(C(=O)O)ccc(Br)c1O. The summed E-state index contributed by atoms with van der Waals surface area (Å²) < 4.78 is 18.5. The van der Waals surface area contributed by atoms with E-state index in [2.05, 4.69) is 20.7 Å². The first-order valence-corrected chi connectivity index (χ1v) is 6.41. The Kier molecular flexibility index (Phi) is 5.46. The van der Waals surface area contributed by atoms with E-state index in [1.165, 1.54) is 13.0 Å². The minimum Gasteiger partial charge on any atom is -0.506 e. The molecule has 1 aromatic rings. The molecule has 0 spiro atoms. The number of hydrogen-bond donors (Lipinski definition) is 3. The second-order valence-corrected chi connectivity index (χ2v) is 4.70. The molecule has 1 rings (SSSR count). The number of phenols is 1. The average molecular weight is 350 g/mol. The van der Waals surface area contributed by atoms with Gasteiger partial charge < -0.3 is 20.7 Å². The van der Waals surface area contributed by atoms with E-state index in [0.29, 0.717) is 0 Å². The highest BCUT2D eigenvalue weighted by atomic mass is 79.9. The predicted octanol–water partition coefficient (Wildman–Crippen LogP) is 1.75. The fraction of sp³-hybridized carbons (Fsp3) is 0.333. The topological polar surface area (TPSA) is 110 Å². The number of aromatic hydroxyl groups is 1. The molecule has 4 N–H and O–H groups in total. The number of rotatable bonds is 5. The van der Waals surface area contributed by atoms with Gasteiger partial charge in [-0.2, -0.15) is 0 Å². The van der Waals surface area contributed by atoms with Gasteiger partial charge in [-0.05, 0) is 35.0 Å². The third-order valence-electron chi connectivity index (χ3n) is 2.56. The summed E-state index contributed by atoms with van der Waals surface area (Å²) >= 11 is 2.98. The quantitative estimate of drug-likeness (QED) is 0.698. The molecule has 0 aliphatic carbocycles. The summed E-state index contributed by atoms with van der Waals surface area (Å²) in [4.78, 5) is 22.4. The third kappa shape index (κ3) is 3.26. The van der Waals surface area contributed by atoms with Crippen molar-refractivity contribution in [2.24, 2.45) is 5.73 Å². The summed E-state index contributed by atoms with van der Waals surface area (Å²) in [6.07, 6.45) is -2.28. The molecule has 6 nitrogen and oxygen atoms in total. The molecule has 0 saturated heterocycles. The number of aromatic carboxylic acids is 1. The van der Waals surface area contributed by atoms with Crippen LogP contribution in [-0.2, 0) is 9.53 Å². The molecule has 0 saturated carbocycles. The van der Waals surface area contributed by atoms with Crippen LogP contribution in [0.2, 0.25) is 0 Å². The molecule has 1 unspecified atom stereocenters. The number of ether oxygens (including phenoxy) is 1. The van der Waals surface area contributed by atoms with Gasteiger partial charge in [-0.1, -0.05) is 0 Å². The maximum absolute atomic E-state index is 13.9. The molecule has 0 fully saturated rings. The molecule has 0 aliphatic rings. The van der Waals surface area contributed by atoms with Crippen LogP contribution in [-0.4, -0.2) is 34.9 Å². The summed E-state index contributed by atoms with van der Waals surface area (Å²) in [5.41, 5.74) is 4.81. The molecule has 0 heterocycles. The van der Waals surface area contributed by atoms with Crippen molar-refractivity contribution in [3.63, 3.8) is 0 Å². The number of carboxylic acid groups (broad SMARTS) is 1. The van der Waals surface area contributed by atoms with Gasteiger partial charge in [-0.25, -0.2) is 14.0 Å². The first-order valence-electron chi connectivity index (χ1n) is 5.62. The molecule has 2 atom stereocenters.